The maximum absolute atomic E-state index is 13.4. The molecule has 1 N–H and O–H groups in total. The maximum Gasteiger partial charge on any atom is 0.295 e. The van der Waals surface area contributed by atoms with Crippen molar-refractivity contribution in [3.63, 3.8) is 0 Å². The molecule has 3 heterocycles. The van der Waals surface area contributed by atoms with Gasteiger partial charge in [-0.25, -0.2) is 0 Å². The SMILES string of the molecule is CC(C)CCOc1cccc(C2/C(=C(\O)c3ccc4c(c3)OCCO4)C(=O)C(=O)N2Cc2cccnc2)c1. The highest BCUT2D eigenvalue weighted by atomic mass is 16.6. The van der Waals surface area contributed by atoms with Crippen molar-refractivity contribution in [2.45, 2.75) is 32.9 Å². The lowest BCUT2D eigenvalue weighted by molar-refractivity contribution is -0.140. The van der Waals surface area contributed by atoms with Crippen molar-refractivity contribution in [1.82, 2.24) is 9.88 Å². The van der Waals surface area contributed by atoms with Gasteiger partial charge in [0, 0.05) is 24.5 Å². The van der Waals surface area contributed by atoms with Crippen LogP contribution in [-0.4, -0.2) is 46.5 Å². The van der Waals surface area contributed by atoms with Crippen molar-refractivity contribution in [2.75, 3.05) is 19.8 Å². The predicted octanol–water partition coefficient (Wildman–Crippen LogP) is 4.90. The smallest absolute Gasteiger partial charge is 0.295 e. The molecule has 1 fully saturated rings. The molecule has 38 heavy (non-hydrogen) atoms. The summed E-state index contributed by atoms with van der Waals surface area (Å²) in [6.07, 6.45) is 4.20. The number of carbonyl (C=O) groups is 2. The van der Waals surface area contributed by atoms with Gasteiger partial charge in [0.1, 0.15) is 24.7 Å². The normalized spacial score (nSPS) is 18.2. The highest BCUT2D eigenvalue weighted by Gasteiger charge is 2.46. The Kier molecular flexibility index (Phi) is 7.31. The van der Waals surface area contributed by atoms with Crippen LogP contribution in [0.4, 0.5) is 0 Å². The number of likely N-dealkylation sites (tertiary alicyclic amines) is 1. The molecule has 0 aliphatic carbocycles. The average molecular weight is 515 g/mol. The fraction of sp³-hybridized carbons (Fsp3) is 0.300. The quantitative estimate of drug-likeness (QED) is 0.259. The van der Waals surface area contributed by atoms with Crippen LogP contribution >= 0.6 is 0 Å². The van der Waals surface area contributed by atoms with E-state index in [4.69, 9.17) is 14.2 Å². The third-order valence-electron chi connectivity index (χ3n) is 6.57. The molecule has 3 aromatic rings. The topological polar surface area (TPSA) is 98.2 Å². The average Bonchev–Trinajstić information content (AvgIpc) is 3.18. The Balaban J connectivity index is 1.57. The molecule has 8 nitrogen and oxygen atoms in total. The van der Waals surface area contributed by atoms with Gasteiger partial charge >= 0.3 is 0 Å². The molecule has 8 heteroatoms. The second kappa shape index (κ2) is 11.0. The van der Waals surface area contributed by atoms with Gasteiger partial charge in [-0.3, -0.25) is 14.6 Å². The lowest BCUT2D eigenvalue weighted by Gasteiger charge is -2.26. The van der Waals surface area contributed by atoms with Gasteiger partial charge < -0.3 is 24.2 Å². The van der Waals surface area contributed by atoms with Gasteiger partial charge in [0.2, 0.25) is 0 Å². The molecule has 196 valence electrons. The number of aromatic nitrogens is 1. The highest BCUT2D eigenvalue weighted by molar-refractivity contribution is 6.46. The number of amides is 1. The summed E-state index contributed by atoms with van der Waals surface area (Å²) < 4.78 is 17.2. The first-order valence-electron chi connectivity index (χ1n) is 12.7. The fourth-order valence-corrected chi connectivity index (χ4v) is 4.61. The van der Waals surface area contributed by atoms with Crippen LogP contribution in [0.2, 0.25) is 0 Å². The molecule has 5 rings (SSSR count). The summed E-state index contributed by atoms with van der Waals surface area (Å²) in [5, 5.41) is 11.4. The Morgan fingerprint density at radius 2 is 1.89 bits per heavy atom. The second-order valence-corrected chi connectivity index (χ2v) is 9.75. The van der Waals surface area contributed by atoms with Crippen molar-refractivity contribution in [3.05, 3.63) is 89.3 Å². The number of benzene rings is 2. The third kappa shape index (κ3) is 5.20. The van der Waals surface area contributed by atoms with Crippen molar-refractivity contribution in [1.29, 1.82) is 0 Å². The van der Waals surface area contributed by atoms with E-state index < -0.39 is 17.7 Å². The van der Waals surface area contributed by atoms with Crippen LogP contribution in [0, 0.1) is 5.92 Å². The van der Waals surface area contributed by atoms with Crippen molar-refractivity contribution >= 4 is 17.4 Å². The predicted molar refractivity (Wildman–Crippen MR) is 141 cm³/mol. The van der Waals surface area contributed by atoms with Crippen LogP contribution in [-0.2, 0) is 16.1 Å². The van der Waals surface area contributed by atoms with Crippen LogP contribution in [0.15, 0.2) is 72.6 Å². The van der Waals surface area contributed by atoms with Gasteiger partial charge in [-0.1, -0.05) is 32.0 Å². The van der Waals surface area contributed by atoms with Gasteiger partial charge in [0.05, 0.1) is 18.2 Å². The molecule has 1 amide bonds. The number of nitrogens with zero attached hydrogens (tertiary/aromatic N) is 2. The number of hydrogen-bond donors (Lipinski definition) is 1. The number of ketones is 1. The number of carbonyl (C=O) groups excluding carboxylic acids is 2. The standard InChI is InChI=1S/C30H30N2O6/c1-19(2)10-12-36-23-7-3-6-21(15-23)27-26(28(33)22-8-9-24-25(16-22)38-14-13-37-24)29(34)30(35)32(27)18-20-5-4-11-31-17-20/h3-9,11,15-17,19,27,33H,10,12-14,18H2,1-2H3/b28-26+. The molecular formula is C30H30N2O6. The summed E-state index contributed by atoms with van der Waals surface area (Å²) in [6, 6.07) is 15.1. The Bertz CT molecular complexity index is 1370. The van der Waals surface area contributed by atoms with Gasteiger partial charge in [-0.15, -0.1) is 0 Å². The first-order valence-corrected chi connectivity index (χ1v) is 12.7. The van der Waals surface area contributed by atoms with E-state index in [1.54, 1.807) is 36.7 Å². The minimum atomic E-state index is -0.822. The third-order valence-corrected chi connectivity index (χ3v) is 6.57. The van der Waals surface area contributed by atoms with Gasteiger partial charge in [0.25, 0.3) is 11.7 Å². The van der Waals surface area contributed by atoms with Crippen LogP contribution < -0.4 is 14.2 Å². The zero-order chi connectivity index (χ0) is 26.6. The summed E-state index contributed by atoms with van der Waals surface area (Å²) in [6.45, 7) is 5.78. The number of hydrogen-bond acceptors (Lipinski definition) is 7. The number of pyridine rings is 1. The van der Waals surface area contributed by atoms with E-state index in [9.17, 15) is 14.7 Å². The van der Waals surface area contributed by atoms with Gasteiger partial charge in [-0.05, 0) is 59.9 Å². The van der Waals surface area contributed by atoms with Crippen LogP contribution in [0.3, 0.4) is 0 Å². The Morgan fingerprint density at radius 1 is 1.08 bits per heavy atom. The zero-order valence-electron chi connectivity index (χ0n) is 21.4. The van der Waals surface area contributed by atoms with E-state index in [1.807, 2.05) is 30.3 Å². The molecule has 0 spiro atoms. The lowest BCUT2D eigenvalue weighted by Crippen LogP contribution is -2.29. The summed E-state index contributed by atoms with van der Waals surface area (Å²) in [7, 11) is 0. The lowest BCUT2D eigenvalue weighted by atomic mass is 9.95. The molecule has 1 unspecified atom stereocenters. The molecule has 1 saturated heterocycles. The molecule has 1 atom stereocenters. The first kappa shape index (κ1) is 25.3. The van der Waals surface area contributed by atoms with E-state index in [1.165, 1.54) is 4.90 Å². The van der Waals surface area contributed by atoms with Crippen molar-refractivity contribution < 1.29 is 28.9 Å². The number of Topliss-reactive ketones (excluding diaryl/α,β-unsaturated/α-hetero) is 1. The van der Waals surface area contributed by atoms with Crippen LogP contribution in [0.1, 0.15) is 43.0 Å². The molecule has 2 aliphatic rings. The van der Waals surface area contributed by atoms with Crippen molar-refractivity contribution in [3.8, 4) is 17.2 Å². The Morgan fingerprint density at radius 3 is 2.66 bits per heavy atom. The number of rotatable bonds is 8. The molecule has 2 aliphatic heterocycles. The number of fused-ring (bicyclic) bond motifs is 1. The van der Waals surface area contributed by atoms with Crippen LogP contribution in [0.25, 0.3) is 5.76 Å². The van der Waals surface area contributed by atoms with E-state index in [-0.39, 0.29) is 17.9 Å². The molecule has 1 aromatic heterocycles. The maximum atomic E-state index is 13.4. The van der Waals surface area contributed by atoms with Crippen LogP contribution in [0.5, 0.6) is 17.2 Å². The van der Waals surface area contributed by atoms with E-state index >= 15 is 0 Å². The number of aliphatic hydroxyl groups is 1. The van der Waals surface area contributed by atoms with E-state index in [0.717, 1.165) is 12.0 Å². The molecule has 2 aromatic carbocycles. The van der Waals surface area contributed by atoms with Gasteiger partial charge in [0.15, 0.2) is 11.5 Å². The zero-order valence-corrected chi connectivity index (χ0v) is 21.4. The Labute approximate surface area is 221 Å². The first-order chi connectivity index (χ1) is 18.4. The summed E-state index contributed by atoms with van der Waals surface area (Å²) >= 11 is 0. The molecular weight excluding hydrogens is 484 g/mol. The molecule has 0 bridgehead atoms. The minimum absolute atomic E-state index is 0.00917. The number of aliphatic hydroxyl groups excluding tert-OH is 1. The minimum Gasteiger partial charge on any atom is -0.507 e. The summed E-state index contributed by atoms with van der Waals surface area (Å²) in [5.41, 5.74) is 1.80. The summed E-state index contributed by atoms with van der Waals surface area (Å²) in [5.74, 6) is 0.450. The summed E-state index contributed by atoms with van der Waals surface area (Å²) in [4.78, 5) is 32.4. The van der Waals surface area contributed by atoms with Crippen molar-refractivity contribution in [2.24, 2.45) is 5.92 Å². The van der Waals surface area contributed by atoms with Gasteiger partial charge in [-0.2, -0.15) is 0 Å². The largest absolute Gasteiger partial charge is 0.507 e. The second-order valence-electron chi connectivity index (χ2n) is 9.75. The highest BCUT2D eigenvalue weighted by Crippen LogP contribution is 2.42. The molecule has 0 radical (unpaired) electrons. The number of ether oxygens (including phenoxy) is 3. The Hall–Kier alpha value is -4.33. The van der Waals surface area contributed by atoms with E-state index in [2.05, 4.69) is 18.8 Å². The fourth-order valence-electron chi connectivity index (χ4n) is 4.61. The molecule has 0 saturated carbocycles. The monoisotopic (exact) mass is 514 g/mol. The van der Waals surface area contributed by atoms with E-state index in [0.29, 0.717) is 54.1 Å².